The lowest BCUT2D eigenvalue weighted by atomic mass is 10.0. The number of pyridine rings is 1. The monoisotopic (exact) mass is 405 g/mol. The molecular weight excluding hydrogens is 366 g/mol. The van der Waals surface area contributed by atoms with E-state index in [1.54, 1.807) is 7.11 Å². The van der Waals surface area contributed by atoms with E-state index in [1.165, 1.54) is 22.9 Å². The fraction of sp³-hybridized carbons (Fsp3) is 0.652. The number of hydrogen-bond donors (Lipinski definition) is 0. The Morgan fingerprint density at radius 1 is 1.21 bits per heavy atom. The molecule has 1 fully saturated rings. The number of carbonyl (C=O) groups excluding carboxylic acids is 1. The molecule has 3 rings (SSSR count). The summed E-state index contributed by atoms with van der Waals surface area (Å²) in [5.41, 5.74) is 2.48. The van der Waals surface area contributed by atoms with E-state index in [1.807, 2.05) is 31.1 Å². The molecule has 0 radical (unpaired) electrons. The summed E-state index contributed by atoms with van der Waals surface area (Å²) in [6.45, 7) is 13.1. The number of hydrogen-bond acceptors (Lipinski definition) is 4. The second kappa shape index (κ2) is 14.1. The normalized spacial score (nSPS) is 14.1. The first kappa shape index (κ1) is 25.1. The topological polar surface area (TPSA) is 56.6 Å². The number of ether oxygens (including phenoxy) is 2. The summed E-state index contributed by atoms with van der Waals surface area (Å²) in [5, 5.41) is 1.21. The van der Waals surface area contributed by atoms with Crippen LogP contribution in [0, 0.1) is 6.92 Å². The van der Waals surface area contributed by atoms with Crippen molar-refractivity contribution in [3.63, 3.8) is 0 Å². The van der Waals surface area contributed by atoms with Gasteiger partial charge in [-0.05, 0) is 31.4 Å². The molecule has 1 saturated heterocycles. The zero-order valence-electron chi connectivity index (χ0n) is 19.1. The van der Waals surface area contributed by atoms with E-state index < -0.39 is 0 Å². The van der Waals surface area contributed by atoms with E-state index in [0.717, 1.165) is 25.9 Å². The van der Waals surface area contributed by atoms with Crippen LogP contribution in [0.5, 0.6) is 0 Å². The number of likely N-dealkylation sites (tertiary alicyclic amines) is 1. The highest BCUT2D eigenvalue weighted by molar-refractivity contribution is 5.82. The van der Waals surface area contributed by atoms with Gasteiger partial charge in [-0.2, -0.15) is 0 Å². The standard InChI is InChI=1S/C18H25N3O3.C3H8.C2H6/c1-14-12-21(17-3-6-19-11-16(14)17)15-4-7-20(8-5-15)18(22)13-24-10-9-23-2;1-3-2;1-2/h3,6,11-12,15H,4-5,7-10,13H2,1-2H3;3H2,1-2H3;1-2H3. The Labute approximate surface area is 176 Å². The summed E-state index contributed by atoms with van der Waals surface area (Å²) < 4.78 is 12.6. The fourth-order valence-corrected chi connectivity index (χ4v) is 3.35. The highest BCUT2D eigenvalue weighted by Gasteiger charge is 2.24. The van der Waals surface area contributed by atoms with Gasteiger partial charge in [0, 0.05) is 50.2 Å². The molecule has 0 unspecified atom stereocenters. The van der Waals surface area contributed by atoms with Gasteiger partial charge in [0.15, 0.2) is 0 Å². The van der Waals surface area contributed by atoms with Crippen molar-refractivity contribution >= 4 is 16.8 Å². The molecule has 0 bridgehead atoms. The molecule has 2 aromatic rings. The SMILES string of the molecule is CC.CCC.COCCOCC(=O)N1CCC(n2cc(C)c3cnccc32)CC1. The van der Waals surface area contributed by atoms with Crippen molar-refractivity contribution in [3.05, 3.63) is 30.2 Å². The largest absolute Gasteiger partial charge is 0.382 e. The second-order valence-electron chi connectivity index (χ2n) is 6.98. The lowest BCUT2D eigenvalue weighted by Gasteiger charge is -2.33. The fourth-order valence-electron chi connectivity index (χ4n) is 3.35. The molecule has 1 aliphatic heterocycles. The maximum absolute atomic E-state index is 12.2. The second-order valence-corrected chi connectivity index (χ2v) is 6.98. The molecule has 0 aromatic carbocycles. The van der Waals surface area contributed by atoms with E-state index in [9.17, 15) is 4.79 Å². The van der Waals surface area contributed by atoms with Crippen LogP contribution in [0.1, 0.15) is 58.6 Å². The van der Waals surface area contributed by atoms with E-state index in [4.69, 9.17) is 9.47 Å². The maximum atomic E-state index is 12.2. The molecule has 29 heavy (non-hydrogen) atoms. The van der Waals surface area contributed by atoms with Gasteiger partial charge in [-0.15, -0.1) is 0 Å². The Morgan fingerprint density at radius 2 is 1.86 bits per heavy atom. The molecule has 164 valence electrons. The van der Waals surface area contributed by atoms with Gasteiger partial charge < -0.3 is 18.9 Å². The summed E-state index contributed by atoms with van der Waals surface area (Å²) in [7, 11) is 1.62. The van der Waals surface area contributed by atoms with Crippen molar-refractivity contribution < 1.29 is 14.3 Å². The van der Waals surface area contributed by atoms with Gasteiger partial charge in [0.25, 0.3) is 0 Å². The minimum absolute atomic E-state index is 0.0716. The van der Waals surface area contributed by atoms with Crippen LogP contribution in [-0.4, -0.2) is 60.4 Å². The van der Waals surface area contributed by atoms with Crippen LogP contribution in [0.15, 0.2) is 24.7 Å². The molecule has 0 aliphatic carbocycles. The lowest BCUT2D eigenvalue weighted by molar-refractivity contribution is -0.137. The number of amides is 1. The van der Waals surface area contributed by atoms with Gasteiger partial charge in [-0.3, -0.25) is 9.78 Å². The Hall–Kier alpha value is -1.92. The zero-order chi connectivity index (χ0) is 21.6. The number of aryl methyl sites for hydroxylation is 1. The van der Waals surface area contributed by atoms with Crippen molar-refractivity contribution in [1.82, 2.24) is 14.5 Å². The van der Waals surface area contributed by atoms with E-state index >= 15 is 0 Å². The molecule has 6 nitrogen and oxygen atoms in total. The summed E-state index contributed by atoms with van der Waals surface area (Å²) in [4.78, 5) is 18.3. The summed E-state index contributed by atoms with van der Waals surface area (Å²) in [6.07, 6.45) is 9.17. The number of methoxy groups -OCH3 is 1. The van der Waals surface area contributed by atoms with Crippen molar-refractivity contribution in [2.75, 3.05) is 40.0 Å². The summed E-state index contributed by atoms with van der Waals surface area (Å²) in [5.74, 6) is 0.0716. The predicted octanol–water partition coefficient (Wildman–Crippen LogP) is 4.61. The molecule has 6 heteroatoms. The van der Waals surface area contributed by atoms with Gasteiger partial charge in [-0.25, -0.2) is 0 Å². The minimum atomic E-state index is 0.0716. The third-order valence-corrected chi connectivity index (χ3v) is 4.70. The maximum Gasteiger partial charge on any atom is 0.248 e. The number of piperidine rings is 1. The number of nitrogens with zero attached hydrogens (tertiary/aromatic N) is 3. The van der Waals surface area contributed by atoms with Crippen LogP contribution < -0.4 is 0 Å². The molecule has 1 amide bonds. The average molecular weight is 406 g/mol. The van der Waals surface area contributed by atoms with Crippen LogP contribution >= 0.6 is 0 Å². The first-order chi connectivity index (χ1) is 14.1. The van der Waals surface area contributed by atoms with Crippen LogP contribution in [0.4, 0.5) is 0 Å². The quantitative estimate of drug-likeness (QED) is 0.658. The van der Waals surface area contributed by atoms with Crippen LogP contribution in [0.3, 0.4) is 0 Å². The number of carbonyl (C=O) groups is 1. The Balaban J connectivity index is 0.000000771. The Bertz CT molecular complexity index is 706. The van der Waals surface area contributed by atoms with Gasteiger partial charge in [0.2, 0.25) is 5.91 Å². The average Bonchev–Trinajstić information content (AvgIpc) is 3.10. The van der Waals surface area contributed by atoms with E-state index in [-0.39, 0.29) is 12.5 Å². The first-order valence-corrected chi connectivity index (χ1v) is 10.9. The Morgan fingerprint density at radius 3 is 2.48 bits per heavy atom. The molecule has 2 aromatic heterocycles. The number of aromatic nitrogens is 2. The number of rotatable bonds is 6. The Kier molecular flexibility index (Phi) is 12.2. The molecule has 0 spiro atoms. The number of fused-ring (bicyclic) bond motifs is 1. The van der Waals surface area contributed by atoms with Crippen molar-refractivity contribution in [2.45, 2.75) is 59.9 Å². The summed E-state index contributed by atoms with van der Waals surface area (Å²) >= 11 is 0. The first-order valence-electron chi connectivity index (χ1n) is 10.9. The highest BCUT2D eigenvalue weighted by atomic mass is 16.5. The zero-order valence-corrected chi connectivity index (χ0v) is 19.1. The van der Waals surface area contributed by atoms with Gasteiger partial charge in [0.05, 0.1) is 18.7 Å². The molecule has 1 aliphatic rings. The van der Waals surface area contributed by atoms with Crippen molar-refractivity contribution in [1.29, 1.82) is 0 Å². The molecule has 0 N–H and O–H groups in total. The van der Waals surface area contributed by atoms with E-state index in [2.05, 4.69) is 42.6 Å². The summed E-state index contributed by atoms with van der Waals surface area (Å²) in [6, 6.07) is 2.51. The van der Waals surface area contributed by atoms with Crippen molar-refractivity contribution in [3.8, 4) is 0 Å². The van der Waals surface area contributed by atoms with Gasteiger partial charge >= 0.3 is 0 Å². The van der Waals surface area contributed by atoms with Crippen LogP contribution in [0.25, 0.3) is 10.9 Å². The van der Waals surface area contributed by atoms with Crippen LogP contribution in [0.2, 0.25) is 0 Å². The molecule has 3 heterocycles. The highest BCUT2D eigenvalue weighted by Crippen LogP contribution is 2.29. The predicted molar refractivity (Wildman–Crippen MR) is 119 cm³/mol. The van der Waals surface area contributed by atoms with Crippen LogP contribution in [-0.2, 0) is 14.3 Å². The molecule has 0 saturated carbocycles. The minimum Gasteiger partial charge on any atom is -0.382 e. The van der Waals surface area contributed by atoms with Gasteiger partial charge in [-0.1, -0.05) is 34.1 Å². The smallest absolute Gasteiger partial charge is 0.248 e. The third-order valence-electron chi connectivity index (χ3n) is 4.70. The van der Waals surface area contributed by atoms with E-state index in [0.29, 0.717) is 19.3 Å². The molecular formula is C23H39N3O3. The van der Waals surface area contributed by atoms with Gasteiger partial charge in [0.1, 0.15) is 6.61 Å². The van der Waals surface area contributed by atoms with Crippen molar-refractivity contribution in [2.24, 2.45) is 0 Å². The molecule has 0 atom stereocenters. The third kappa shape index (κ3) is 7.44. The lowest BCUT2D eigenvalue weighted by Crippen LogP contribution is -2.41.